The van der Waals surface area contributed by atoms with E-state index in [9.17, 15) is 4.79 Å². The topological polar surface area (TPSA) is 38.8 Å². The van der Waals surface area contributed by atoms with E-state index in [2.05, 4.69) is 71.5 Å². The number of amides is 1. The molecule has 0 unspecified atom stereocenters. The van der Waals surface area contributed by atoms with Crippen molar-refractivity contribution < 1.29 is 4.79 Å². The molecular formula is C24H40N4O. The lowest BCUT2D eigenvalue weighted by atomic mass is 9.93. The van der Waals surface area contributed by atoms with Gasteiger partial charge in [-0.2, -0.15) is 0 Å². The highest BCUT2D eigenvalue weighted by Gasteiger charge is 2.27. The summed E-state index contributed by atoms with van der Waals surface area (Å²) in [6, 6.07) is 11.3. The van der Waals surface area contributed by atoms with E-state index in [1.54, 1.807) is 0 Å². The van der Waals surface area contributed by atoms with Gasteiger partial charge in [-0.1, -0.05) is 30.3 Å². The van der Waals surface area contributed by atoms with E-state index in [0.29, 0.717) is 6.04 Å². The van der Waals surface area contributed by atoms with Crippen LogP contribution < -0.4 is 5.32 Å². The smallest absolute Gasteiger partial charge is 0.224 e. The number of hydrogen-bond acceptors (Lipinski definition) is 4. The first-order valence-corrected chi connectivity index (χ1v) is 11.4. The molecule has 3 rings (SSSR count). The Morgan fingerprint density at radius 2 is 1.79 bits per heavy atom. The number of carbonyl (C=O) groups excluding carboxylic acids is 1. The molecule has 0 saturated carbocycles. The number of carbonyl (C=O) groups is 1. The Morgan fingerprint density at radius 1 is 1.07 bits per heavy atom. The quantitative estimate of drug-likeness (QED) is 0.764. The normalized spacial score (nSPS) is 25.1. The van der Waals surface area contributed by atoms with Crippen molar-refractivity contribution in [1.82, 2.24) is 20.0 Å². The standard InChI is InChI=1S/C24H40N4O/c1-26(2)23-10-9-22(18-27(3)19-23)24(29)25-14-11-20-12-15-28(16-13-20)17-21-7-5-4-6-8-21/h4-8,20,22-23H,9-19H2,1-3H3,(H,25,29)/t22-,23+/m1/s1. The van der Waals surface area contributed by atoms with Crippen LogP contribution in [0.5, 0.6) is 0 Å². The molecule has 0 bridgehead atoms. The second-order valence-corrected chi connectivity index (χ2v) is 9.40. The zero-order chi connectivity index (χ0) is 20.6. The molecule has 1 aromatic carbocycles. The van der Waals surface area contributed by atoms with E-state index in [0.717, 1.165) is 51.4 Å². The van der Waals surface area contributed by atoms with Crippen LogP contribution >= 0.6 is 0 Å². The van der Waals surface area contributed by atoms with Gasteiger partial charge in [0, 0.05) is 32.2 Å². The summed E-state index contributed by atoms with van der Waals surface area (Å²) in [4.78, 5) is 19.9. The van der Waals surface area contributed by atoms with Crippen molar-refractivity contribution in [2.24, 2.45) is 11.8 Å². The molecule has 2 heterocycles. The Morgan fingerprint density at radius 3 is 2.48 bits per heavy atom. The minimum atomic E-state index is 0.137. The highest BCUT2D eigenvalue weighted by atomic mass is 16.1. The van der Waals surface area contributed by atoms with Crippen LogP contribution in [-0.4, -0.2) is 80.5 Å². The van der Waals surface area contributed by atoms with Gasteiger partial charge in [-0.25, -0.2) is 0 Å². The van der Waals surface area contributed by atoms with Crippen LogP contribution in [-0.2, 0) is 11.3 Å². The molecule has 2 aliphatic rings. The van der Waals surface area contributed by atoms with Crippen molar-refractivity contribution in [3.8, 4) is 0 Å². The van der Waals surface area contributed by atoms with E-state index in [4.69, 9.17) is 0 Å². The van der Waals surface area contributed by atoms with Crippen molar-refractivity contribution >= 4 is 5.91 Å². The number of hydrogen-bond donors (Lipinski definition) is 1. The number of benzene rings is 1. The molecule has 2 saturated heterocycles. The third-order valence-corrected chi connectivity index (χ3v) is 6.81. The Kier molecular flexibility index (Phi) is 8.52. The molecule has 5 nitrogen and oxygen atoms in total. The van der Waals surface area contributed by atoms with E-state index < -0.39 is 0 Å². The molecular weight excluding hydrogens is 360 g/mol. The Balaban J connectivity index is 1.33. The summed E-state index contributed by atoms with van der Waals surface area (Å²) in [5.74, 6) is 1.15. The summed E-state index contributed by atoms with van der Waals surface area (Å²) in [6.07, 6.45) is 5.72. The first-order valence-electron chi connectivity index (χ1n) is 11.4. The largest absolute Gasteiger partial charge is 0.356 e. The third-order valence-electron chi connectivity index (χ3n) is 6.81. The zero-order valence-corrected chi connectivity index (χ0v) is 18.6. The van der Waals surface area contributed by atoms with Gasteiger partial charge in [0.1, 0.15) is 0 Å². The van der Waals surface area contributed by atoms with Crippen LogP contribution in [0.25, 0.3) is 0 Å². The zero-order valence-electron chi connectivity index (χ0n) is 18.6. The highest BCUT2D eigenvalue weighted by Crippen LogP contribution is 2.22. The van der Waals surface area contributed by atoms with E-state index in [1.807, 2.05) is 0 Å². The molecule has 0 aromatic heterocycles. The first-order chi connectivity index (χ1) is 14.0. The van der Waals surface area contributed by atoms with E-state index in [-0.39, 0.29) is 11.8 Å². The maximum Gasteiger partial charge on any atom is 0.224 e. The van der Waals surface area contributed by atoms with Gasteiger partial charge in [-0.05, 0) is 77.8 Å². The predicted molar refractivity (Wildman–Crippen MR) is 120 cm³/mol. The lowest BCUT2D eigenvalue weighted by molar-refractivity contribution is -0.125. The van der Waals surface area contributed by atoms with Gasteiger partial charge >= 0.3 is 0 Å². The number of likely N-dealkylation sites (tertiary alicyclic amines) is 2. The van der Waals surface area contributed by atoms with Crippen molar-refractivity contribution in [2.75, 3.05) is 53.9 Å². The number of nitrogens with zero attached hydrogens (tertiary/aromatic N) is 3. The van der Waals surface area contributed by atoms with Crippen LogP contribution in [0.3, 0.4) is 0 Å². The summed E-state index contributed by atoms with van der Waals surface area (Å²) in [7, 11) is 6.43. The molecule has 1 amide bonds. The summed E-state index contributed by atoms with van der Waals surface area (Å²) in [5, 5.41) is 3.25. The summed E-state index contributed by atoms with van der Waals surface area (Å²) < 4.78 is 0. The van der Waals surface area contributed by atoms with Crippen molar-refractivity contribution in [1.29, 1.82) is 0 Å². The Labute approximate surface area is 177 Å². The second kappa shape index (κ2) is 11.1. The van der Waals surface area contributed by atoms with Crippen LogP contribution in [0, 0.1) is 11.8 Å². The fourth-order valence-electron chi connectivity index (χ4n) is 4.84. The Hall–Kier alpha value is -1.43. The fraction of sp³-hybridized carbons (Fsp3) is 0.708. The Bertz CT molecular complexity index is 613. The highest BCUT2D eigenvalue weighted by molar-refractivity contribution is 5.78. The number of nitrogens with one attached hydrogen (secondary N) is 1. The monoisotopic (exact) mass is 400 g/mol. The maximum absolute atomic E-state index is 12.7. The average molecular weight is 401 g/mol. The predicted octanol–water partition coefficient (Wildman–Crippen LogP) is 2.68. The van der Waals surface area contributed by atoms with Crippen LogP contribution in [0.4, 0.5) is 0 Å². The molecule has 1 aromatic rings. The number of piperidine rings is 1. The van der Waals surface area contributed by atoms with Gasteiger partial charge in [-0.15, -0.1) is 0 Å². The summed E-state index contributed by atoms with van der Waals surface area (Å²) >= 11 is 0. The van der Waals surface area contributed by atoms with E-state index >= 15 is 0 Å². The van der Waals surface area contributed by atoms with Gasteiger partial charge in [0.2, 0.25) is 5.91 Å². The molecule has 2 atom stereocenters. The van der Waals surface area contributed by atoms with Gasteiger partial charge in [0.05, 0.1) is 5.92 Å². The molecule has 0 aliphatic carbocycles. The van der Waals surface area contributed by atoms with Gasteiger partial charge in [-0.3, -0.25) is 9.69 Å². The average Bonchev–Trinajstić information content (AvgIpc) is 2.92. The maximum atomic E-state index is 12.7. The molecule has 29 heavy (non-hydrogen) atoms. The van der Waals surface area contributed by atoms with Crippen LogP contribution in [0.2, 0.25) is 0 Å². The first kappa shape index (κ1) is 22.3. The van der Waals surface area contributed by atoms with Gasteiger partial charge < -0.3 is 15.1 Å². The third kappa shape index (κ3) is 7.09. The van der Waals surface area contributed by atoms with Crippen LogP contribution in [0.15, 0.2) is 30.3 Å². The second-order valence-electron chi connectivity index (χ2n) is 9.40. The van der Waals surface area contributed by atoms with E-state index in [1.165, 1.54) is 31.5 Å². The number of rotatable bonds is 7. The lowest BCUT2D eigenvalue weighted by Gasteiger charge is -2.32. The molecule has 5 heteroatoms. The fourth-order valence-corrected chi connectivity index (χ4v) is 4.84. The molecule has 0 radical (unpaired) electrons. The van der Waals surface area contributed by atoms with Crippen LogP contribution in [0.1, 0.15) is 37.7 Å². The summed E-state index contributed by atoms with van der Waals surface area (Å²) in [6.45, 7) is 6.18. The summed E-state index contributed by atoms with van der Waals surface area (Å²) in [5.41, 5.74) is 1.41. The minimum absolute atomic E-state index is 0.137. The lowest BCUT2D eigenvalue weighted by Crippen LogP contribution is -2.39. The molecule has 0 spiro atoms. The molecule has 1 N–H and O–H groups in total. The minimum Gasteiger partial charge on any atom is -0.356 e. The van der Waals surface area contributed by atoms with Crippen molar-refractivity contribution in [3.05, 3.63) is 35.9 Å². The number of likely N-dealkylation sites (N-methyl/N-ethyl adjacent to an activating group) is 2. The van der Waals surface area contributed by atoms with Gasteiger partial charge in [0.25, 0.3) is 0 Å². The van der Waals surface area contributed by atoms with Crippen molar-refractivity contribution in [2.45, 2.75) is 44.7 Å². The SMILES string of the molecule is CN1C[C@H](C(=O)NCCC2CCN(Cc3ccccc3)CC2)CC[C@H](N(C)C)C1. The molecule has 2 aliphatic heterocycles. The molecule has 162 valence electrons. The van der Waals surface area contributed by atoms with Crippen molar-refractivity contribution in [3.63, 3.8) is 0 Å². The van der Waals surface area contributed by atoms with Gasteiger partial charge in [0.15, 0.2) is 0 Å². The molecule has 2 fully saturated rings.